The summed E-state index contributed by atoms with van der Waals surface area (Å²) in [6.45, 7) is 3.68. The number of nitrogens with one attached hydrogen (secondary N) is 1. The number of anilines is 1. The highest BCUT2D eigenvalue weighted by molar-refractivity contribution is 5.99. The standard InChI is InChI=1S/C12H15N3O/c1-8-3-4-11(14)10(7-8)12(16)15-9(2)5-6-13/h3-4,7,9H,5,14H2,1-2H3,(H,15,16). The Morgan fingerprint density at radius 1 is 1.62 bits per heavy atom. The van der Waals surface area contributed by atoms with Crippen LogP contribution in [0, 0.1) is 18.3 Å². The van der Waals surface area contributed by atoms with E-state index in [9.17, 15) is 4.79 Å². The maximum Gasteiger partial charge on any atom is 0.253 e. The number of rotatable bonds is 3. The van der Waals surface area contributed by atoms with E-state index >= 15 is 0 Å². The molecule has 0 aliphatic carbocycles. The topological polar surface area (TPSA) is 78.9 Å². The molecule has 0 aromatic heterocycles. The van der Waals surface area contributed by atoms with E-state index in [1.165, 1.54) is 0 Å². The molecule has 0 spiro atoms. The van der Waals surface area contributed by atoms with Crippen LogP contribution in [0.2, 0.25) is 0 Å². The number of carbonyl (C=O) groups is 1. The molecule has 1 rings (SSSR count). The monoisotopic (exact) mass is 217 g/mol. The molecule has 0 fully saturated rings. The van der Waals surface area contributed by atoms with Crippen molar-refractivity contribution < 1.29 is 4.79 Å². The summed E-state index contributed by atoms with van der Waals surface area (Å²) in [5.74, 6) is -0.232. The minimum absolute atomic E-state index is 0.169. The van der Waals surface area contributed by atoms with Crippen molar-refractivity contribution >= 4 is 11.6 Å². The van der Waals surface area contributed by atoms with E-state index < -0.39 is 0 Å². The van der Waals surface area contributed by atoms with Gasteiger partial charge in [-0.2, -0.15) is 5.26 Å². The smallest absolute Gasteiger partial charge is 0.253 e. The average molecular weight is 217 g/mol. The first-order valence-corrected chi connectivity index (χ1v) is 5.08. The van der Waals surface area contributed by atoms with Crippen LogP contribution in [0.25, 0.3) is 0 Å². The number of benzene rings is 1. The van der Waals surface area contributed by atoms with Crippen molar-refractivity contribution in [3.8, 4) is 6.07 Å². The van der Waals surface area contributed by atoms with Crippen LogP contribution < -0.4 is 11.1 Å². The summed E-state index contributed by atoms with van der Waals surface area (Å²) in [5, 5.41) is 11.2. The Morgan fingerprint density at radius 2 is 2.31 bits per heavy atom. The fourth-order valence-electron chi connectivity index (χ4n) is 1.36. The van der Waals surface area contributed by atoms with Crippen LogP contribution in [0.3, 0.4) is 0 Å². The van der Waals surface area contributed by atoms with Gasteiger partial charge in [0.1, 0.15) is 0 Å². The second kappa shape index (κ2) is 5.17. The van der Waals surface area contributed by atoms with Gasteiger partial charge in [-0.3, -0.25) is 4.79 Å². The van der Waals surface area contributed by atoms with E-state index in [1.807, 2.05) is 19.1 Å². The van der Waals surface area contributed by atoms with Crippen LogP contribution in [0.5, 0.6) is 0 Å². The molecule has 1 unspecified atom stereocenters. The molecule has 0 radical (unpaired) electrons. The zero-order valence-corrected chi connectivity index (χ0v) is 9.45. The zero-order valence-electron chi connectivity index (χ0n) is 9.45. The van der Waals surface area contributed by atoms with Crippen LogP contribution in [0.1, 0.15) is 29.3 Å². The van der Waals surface area contributed by atoms with Crippen LogP contribution in [-0.2, 0) is 0 Å². The van der Waals surface area contributed by atoms with Gasteiger partial charge in [0.2, 0.25) is 0 Å². The first-order chi connectivity index (χ1) is 7.54. The van der Waals surface area contributed by atoms with Crippen molar-refractivity contribution in [2.24, 2.45) is 0 Å². The lowest BCUT2D eigenvalue weighted by molar-refractivity contribution is 0.0941. The number of hydrogen-bond donors (Lipinski definition) is 2. The van der Waals surface area contributed by atoms with E-state index in [0.717, 1.165) is 5.56 Å². The zero-order chi connectivity index (χ0) is 12.1. The normalized spacial score (nSPS) is 11.6. The Bertz CT molecular complexity index is 434. The molecule has 0 aliphatic rings. The summed E-state index contributed by atoms with van der Waals surface area (Å²) in [6.07, 6.45) is 0.289. The van der Waals surface area contributed by atoms with Crippen LogP contribution in [0.15, 0.2) is 18.2 Å². The molecule has 0 saturated carbocycles. The number of carbonyl (C=O) groups excluding carboxylic acids is 1. The van der Waals surface area contributed by atoms with Crippen molar-refractivity contribution in [1.29, 1.82) is 5.26 Å². The van der Waals surface area contributed by atoms with Gasteiger partial charge < -0.3 is 11.1 Å². The minimum atomic E-state index is -0.232. The SMILES string of the molecule is Cc1ccc(N)c(C(=O)NC(C)CC#N)c1. The Balaban J connectivity index is 2.81. The number of nitriles is 1. The lowest BCUT2D eigenvalue weighted by atomic mass is 10.1. The summed E-state index contributed by atoms with van der Waals surface area (Å²) in [4.78, 5) is 11.8. The molecule has 1 aromatic carbocycles. The molecule has 3 N–H and O–H groups in total. The molecule has 0 heterocycles. The Labute approximate surface area is 95.1 Å². The second-order valence-corrected chi connectivity index (χ2v) is 3.83. The molecular weight excluding hydrogens is 202 g/mol. The predicted molar refractivity (Wildman–Crippen MR) is 62.7 cm³/mol. The summed E-state index contributed by atoms with van der Waals surface area (Å²) in [6, 6.07) is 7.13. The molecular formula is C12H15N3O. The van der Waals surface area contributed by atoms with Gasteiger partial charge in [-0.05, 0) is 26.0 Å². The van der Waals surface area contributed by atoms with Gasteiger partial charge in [-0.25, -0.2) is 0 Å². The van der Waals surface area contributed by atoms with E-state index in [0.29, 0.717) is 11.3 Å². The molecule has 84 valence electrons. The lowest BCUT2D eigenvalue weighted by Crippen LogP contribution is -2.32. The summed E-state index contributed by atoms with van der Waals surface area (Å²) >= 11 is 0. The summed E-state index contributed by atoms with van der Waals surface area (Å²) in [7, 11) is 0. The molecule has 4 heteroatoms. The molecule has 16 heavy (non-hydrogen) atoms. The van der Waals surface area contributed by atoms with Crippen LogP contribution in [-0.4, -0.2) is 11.9 Å². The molecule has 1 amide bonds. The van der Waals surface area contributed by atoms with E-state index in [4.69, 9.17) is 11.0 Å². The average Bonchev–Trinajstić information content (AvgIpc) is 2.21. The van der Waals surface area contributed by atoms with Crippen LogP contribution >= 0.6 is 0 Å². The van der Waals surface area contributed by atoms with Gasteiger partial charge in [0, 0.05) is 11.7 Å². The van der Waals surface area contributed by atoms with Gasteiger partial charge in [-0.1, -0.05) is 11.6 Å². The van der Waals surface area contributed by atoms with Crippen molar-refractivity contribution in [1.82, 2.24) is 5.32 Å². The maximum atomic E-state index is 11.8. The number of nitrogen functional groups attached to an aromatic ring is 1. The lowest BCUT2D eigenvalue weighted by Gasteiger charge is -2.12. The van der Waals surface area contributed by atoms with Gasteiger partial charge in [0.25, 0.3) is 5.91 Å². The van der Waals surface area contributed by atoms with Crippen molar-refractivity contribution in [3.63, 3.8) is 0 Å². The quantitative estimate of drug-likeness (QED) is 0.755. The number of aryl methyl sites for hydroxylation is 1. The van der Waals surface area contributed by atoms with Crippen molar-refractivity contribution in [2.75, 3.05) is 5.73 Å². The minimum Gasteiger partial charge on any atom is -0.398 e. The van der Waals surface area contributed by atoms with Gasteiger partial charge in [0.15, 0.2) is 0 Å². The molecule has 0 saturated heterocycles. The predicted octanol–water partition coefficient (Wildman–Crippen LogP) is 1.61. The largest absolute Gasteiger partial charge is 0.398 e. The van der Waals surface area contributed by atoms with E-state index in [2.05, 4.69) is 5.32 Å². The Kier molecular flexibility index (Phi) is 3.90. The third kappa shape index (κ3) is 2.99. The van der Waals surface area contributed by atoms with Crippen molar-refractivity contribution in [3.05, 3.63) is 29.3 Å². The van der Waals surface area contributed by atoms with Crippen molar-refractivity contribution in [2.45, 2.75) is 26.3 Å². The summed E-state index contributed by atoms with van der Waals surface area (Å²) in [5.41, 5.74) is 7.61. The third-order valence-electron chi connectivity index (χ3n) is 2.23. The van der Waals surface area contributed by atoms with Gasteiger partial charge in [-0.15, -0.1) is 0 Å². The highest BCUT2D eigenvalue weighted by Crippen LogP contribution is 2.13. The second-order valence-electron chi connectivity index (χ2n) is 3.83. The Morgan fingerprint density at radius 3 is 2.94 bits per heavy atom. The highest BCUT2D eigenvalue weighted by atomic mass is 16.1. The molecule has 4 nitrogen and oxygen atoms in total. The third-order valence-corrected chi connectivity index (χ3v) is 2.23. The first kappa shape index (κ1) is 12.1. The Hall–Kier alpha value is -2.02. The molecule has 1 aromatic rings. The van der Waals surface area contributed by atoms with Gasteiger partial charge >= 0.3 is 0 Å². The molecule has 0 aliphatic heterocycles. The number of amides is 1. The fraction of sp³-hybridized carbons (Fsp3) is 0.333. The number of hydrogen-bond acceptors (Lipinski definition) is 3. The van der Waals surface area contributed by atoms with E-state index in [-0.39, 0.29) is 18.4 Å². The summed E-state index contributed by atoms with van der Waals surface area (Å²) < 4.78 is 0. The number of nitrogens with two attached hydrogens (primary N) is 1. The first-order valence-electron chi connectivity index (χ1n) is 5.08. The highest BCUT2D eigenvalue weighted by Gasteiger charge is 2.12. The molecule has 1 atom stereocenters. The van der Waals surface area contributed by atoms with Gasteiger partial charge in [0.05, 0.1) is 18.1 Å². The molecule has 0 bridgehead atoms. The maximum absolute atomic E-state index is 11.8. The number of nitrogens with zero attached hydrogens (tertiary/aromatic N) is 1. The fourth-order valence-corrected chi connectivity index (χ4v) is 1.36. The van der Waals surface area contributed by atoms with E-state index in [1.54, 1.807) is 19.1 Å². The van der Waals surface area contributed by atoms with Crippen LogP contribution in [0.4, 0.5) is 5.69 Å².